The van der Waals surface area contributed by atoms with Crippen molar-refractivity contribution in [2.24, 2.45) is 0 Å². The number of nitrogens with zero attached hydrogens (tertiary/aromatic N) is 4. The van der Waals surface area contributed by atoms with Crippen molar-refractivity contribution >= 4 is 49.4 Å². The van der Waals surface area contributed by atoms with Crippen LogP contribution in [-0.2, 0) is 0 Å². The van der Waals surface area contributed by atoms with Gasteiger partial charge in [-0.1, -0.05) is 109 Å². The fourth-order valence-corrected chi connectivity index (χ4v) is 6.60. The van der Waals surface area contributed by atoms with Crippen LogP contribution in [0.25, 0.3) is 88.2 Å². The maximum Gasteiger partial charge on any atom is 0.238 e. The van der Waals surface area contributed by atoms with Crippen molar-refractivity contribution in [3.05, 3.63) is 157 Å². The van der Waals surface area contributed by atoms with Crippen molar-refractivity contribution in [1.82, 2.24) is 14.5 Å². The summed E-state index contributed by atoms with van der Waals surface area (Å²) in [6, 6.07) is 49.1. The molecule has 0 N–H and O–H groups in total. The predicted octanol–water partition coefficient (Wildman–Crippen LogP) is 11.0. The highest BCUT2D eigenvalue weighted by Crippen LogP contribution is 2.42. The number of aromatic nitrogens is 3. The Bertz CT molecular complexity index is 2590. The van der Waals surface area contributed by atoms with Crippen LogP contribution in [0.15, 0.2) is 150 Å². The van der Waals surface area contributed by atoms with E-state index in [1.165, 1.54) is 10.8 Å². The lowest BCUT2D eigenvalue weighted by molar-refractivity contribution is 0.669. The van der Waals surface area contributed by atoms with Crippen molar-refractivity contribution in [2.75, 3.05) is 0 Å². The Balaban J connectivity index is 1.29. The fraction of sp³-hybridized carbons (Fsp3) is 0. The number of hydrogen-bond acceptors (Lipinski definition) is 3. The van der Waals surface area contributed by atoms with E-state index in [9.17, 15) is 0 Å². The van der Waals surface area contributed by atoms with Crippen LogP contribution in [-0.4, -0.2) is 14.5 Å². The van der Waals surface area contributed by atoms with Crippen LogP contribution in [0, 0.1) is 6.57 Å². The van der Waals surface area contributed by atoms with E-state index < -0.39 is 0 Å². The highest BCUT2D eigenvalue weighted by atomic mass is 16.3. The summed E-state index contributed by atoms with van der Waals surface area (Å²) < 4.78 is 8.88. The van der Waals surface area contributed by atoms with Gasteiger partial charge in [-0.2, -0.15) is 0 Å². The molecule has 0 fully saturated rings. The van der Waals surface area contributed by atoms with Gasteiger partial charge in [0.15, 0.2) is 5.82 Å². The zero-order valence-corrected chi connectivity index (χ0v) is 24.6. The van der Waals surface area contributed by atoms with E-state index in [0.29, 0.717) is 22.9 Å². The third kappa shape index (κ3) is 3.94. The maximum absolute atomic E-state index is 8.21. The summed E-state index contributed by atoms with van der Waals surface area (Å²) in [4.78, 5) is 13.9. The first-order chi connectivity index (χ1) is 22.8. The Kier molecular flexibility index (Phi) is 5.81. The summed E-state index contributed by atoms with van der Waals surface area (Å²) in [7, 11) is 0. The lowest BCUT2D eigenvalue weighted by Crippen LogP contribution is -1.97. The molecule has 9 rings (SSSR count). The standard InChI is InChI=1S/C41H24N4O/c1-42-40-38(26-13-4-2-5-14-26)43-41(27-15-6-3-7-16-27)44-39(40)28-23-24-31-36(25-28)46-35-22-12-21-34(37(31)35)45-32-19-10-8-17-29(32)30-18-9-11-20-33(30)45/h2-25H. The van der Waals surface area contributed by atoms with E-state index in [1.807, 2.05) is 84.9 Å². The van der Waals surface area contributed by atoms with Gasteiger partial charge in [0.25, 0.3) is 0 Å². The molecule has 0 bridgehead atoms. The molecule has 214 valence electrons. The molecule has 5 heteroatoms. The first-order valence-corrected chi connectivity index (χ1v) is 15.1. The predicted molar refractivity (Wildman–Crippen MR) is 186 cm³/mol. The molecule has 9 aromatic rings. The number of benzene rings is 6. The minimum atomic E-state index is 0.410. The molecule has 0 radical (unpaired) electrons. The van der Waals surface area contributed by atoms with Crippen LogP contribution >= 0.6 is 0 Å². The van der Waals surface area contributed by atoms with E-state index >= 15 is 0 Å². The van der Waals surface area contributed by atoms with Gasteiger partial charge in [-0.15, -0.1) is 0 Å². The third-order valence-corrected chi connectivity index (χ3v) is 8.64. The van der Waals surface area contributed by atoms with Gasteiger partial charge in [0, 0.05) is 21.7 Å². The quantitative estimate of drug-likeness (QED) is 0.192. The molecule has 0 amide bonds. The number of hydrogen-bond donors (Lipinski definition) is 0. The van der Waals surface area contributed by atoms with E-state index in [4.69, 9.17) is 21.0 Å². The molecule has 0 saturated carbocycles. The molecule has 3 aromatic heterocycles. The summed E-state index contributed by atoms with van der Waals surface area (Å²) in [5.41, 5.74) is 9.03. The second-order valence-corrected chi connectivity index (χ2v) is 11.3. The van der Waals surface area contributed by atoms with Gasteiger partial charge < -0.3 is 8.98 Å². The number of rotatable bonds is 4. The fourth-order valence-electron chi connectivity index (χ4n) is 6.60. The minimum Gasteiger partial charge on any atom is -0.456 e. The SMILES string of the molecule is [C-]#[N+]c1c(-c2ccccc2)nc(-c2ccccc2)nc1-c1ccc2c(c1)oc1cccc(-n3c4ccccc4c4ccccc43)c12. The van der Waals surface area contributed by atoms with Gasteiger partial charge in [0.05, 0.1) is 40.1 Å². The summed E-state index contributed by atoms with van der Waals surface area (Å²) in [6.07, 6.45) is 0. The molecule has 0 aliphatic heterocycles. The Morgan fingerprint density at radius 2 is 1.13 bits per heavy atom. The summed E-state index contributed by atoms with van der Waals surface area (Å²) in [6.45, 7) is 8.21. The maximum atomic E-state index is 8.21. The number of furan rings is 1. The average molecular weight is 589 g/mol. The smallest absolute Gasteiger partial charge is 0.238 e. The molecule has 6 aromatic carbocycles. The van der Waals surface area contributed by atoms with Crippen LogP contribution in [0.2, 0.25) is 0 Å². The molecule has 0 saturated heterocycles. The molecule has 0 spiro atoms. The van der Waals surface area contributed by atoms with Gasteiger partial charge in [-0.05, 0) is 47.5 Å². The molecule has 5 nitrogen and oxygen atoms in total. The highest BCUT2D eigenvalue weighted by molar-refractivity contribution is 6.14. The van der Waals surface area contributed by atoms with Gasteiger partial charge in [-0.25, -0.2) is 14.8 Å². The van der Waals surface area contributed by atoms with Crippen molar-refractivity contribution in [3.8, 4) is 39.6 Å². The molecular weight excluding hydrogens is 564 g/mol. The summed E-state index contributed by atoms with van der Waals surface area (Å²) in [5, 5.41) is 4.47. The van der Waals surface area contributed by atoms with Crippen molar-refractivity contribution in [3.63, 3.8) is 0 Å². The zero-order chi connectivity index (χ0) is 30.6. The lowest BCUT2D eigenvalue weighted by Gasteiger charge is -2.12. The van der Waals surface area contributed by atoms with Crippen molar-refractivity contribution in [1.29, 1.82) is 0 Å². The monoisotopic (exact) mass is 588 g/mol. The topological polar surface area (TPSA) is 48.2 Å². The normalized spacial score (nSPS) is 11.5. The largest absolute Gasteiger partial charge is 0.456 e. The van der Waals surface area contributed by atoms with Gasteiger partial charge in [0.2, 0.25) is 5.69 Å². The lowest BCUT2D eigenvalue weighted by atomic mass is 10.0. The molecule has 0 atom stereocenters. The van der Waals surface area contributed by atoms with E-state index in [2.05, 4.69) is 70.1 Å². The second kappa shape index (κ2) is 10.3. The first-order valence-electron chi connectivity index (χ1n) is 15.1. The van der Waals surface area contributed by atoms with E-state index in [-0.39, 0.29) is 0 Å². The number of para-hydroxylation sites is 2. The van der Waals surface area contributed by atoms with E-state index in [1.54, 1.807) is 0 Å². The Morgan fingerprint density at radius 1 is 0.522 bits per heavy atom. The van der Waals surface area contributed by atoms with Gasteiger partial charge >= 0.3 is 0 Å². The zero-order valence-electron chi connectivity index (χ0n) is 24.6. The Labute approximate surface area is 264 Å². The molecule has 0 aliphatic carbocycles. The van der Waals surface area contributed by atoms with Crippen molar-refractivity contribution in [2.45, 2.75) is 0 Å². The van der Waals surface area contributed by atoms with Crippen LogP contribution < -0.4 is 0 Å². The highest BCUT2D eigenvalue weighted by Gasteiger charge is 2.21. The molecular formula is C41H24N4O. The average Bonchev–Trinajstić information content (AvgIpc) is 3.67. The number of fused-ring (bicyclic) bond motifs is 6. The Morgan fingerprint density at radius 3 is 1.80 bits per heavy atom. The van der Waals surface area contributed by atoms with Crippen molar-refractivity contribution < 1.29 is 4.42 Å². The third-order valence-electron chi connectivity index (χ3n) is 8.64. The van der Waals surface area contributed by atoms with Crippen LogP contribution in [0.1, 0.15) is 0 Å². The van der Waals surface area contributed by atoms with Gasteiger partial charge in [0.1, 0.15) is 11.2 Å². The van der Waals surface area contributed by atoms with E-state index in [0.717, 1.165) is 55.3 Å². The Hall–Kier alpha value is -6.51. The minimum absolute atomic E-state index is 0.410. The summed E-state index contributed by atoms with van der Waals surface area (Å²) in [5.74, 6) is 0.570. The summed E-state index contributed by atoms with van der Waals surface area (Å²) >= 11 is 0. The van der Waals surface area contributed by atoms with Crippen LogP contribution in [0.5, 0.6) is 0 Å². The molecule has 46 heavy (non-hydrogen) atoms. The molecule has 0 aliphatic rings. The van der Waals surface area contributed by atoms with Gasteiger partial charge in [-0.3, -0.25) is 0 Å². The first kappa shape index (κ1) is 25.9. The molecule has 3 heterocycles. The second-order valence-electron chi connectivity index (χ2n) is 11.3. The molecule has 0 unspecified atom stereocenters. The van der Waals surface area contributed by atoms with Crippen LogP contribution in [0.4, 0.5) is 5.69 Å². The van der Waals surface area contributed by atoms with Crippen LogP contribution in [0.3, 0.4) is 0 Å².